The first-order valence-electron chi connectivity index (χ1n) is 11.4. The average molecular weight is 583 g/mol. The summed E-state index contributed by atoms with van der Waals surface area (Å²) in [6.45, 7) is 1.25. The molecule has 0 aliphatic rings. The lowest BCUT2D eigenvalue weighted by atomic mass is 10.1. The number of carbonyl (C=O) groups excluding carboxylic acids is 2. The Kier molecular flexibility index (Phi) is 9.84. The van der Waals surface area contributed by atoms with Crippen molar-refractivity contribution in [2.24, 2.45) is 0 Å². The largest absolute Gasteiger partial charge is 0.357 e. The number of rotatable bonds is 10. The Labute approximate surface area is 232 Å². The van der Waals surface area contributed by atoms with Crippen molar-refractivity contribution in [1.82, 2.24) is 10.2 Å². The minimum atomic E-state index is -4.20. The smallest absolute Gasteiger partial charge is 0.264 e. The molecule has 11 heteroatoms. The van der Waals surface area contributed by atoms with Gasteiger partial charge in [0.05, 0.1) is 10.6 Å². The standard InChI is InChI=1S/C26H26Cl3N3O4S/c1-3-24(26(34)30-2)31(16-18-9-11-19(27)12-10-18)25(33)17-32(22-14-20(28)13-21(29)15-22)37(35,36)23-7-5-4-6-8-23/h4-15,24H,3,16-17H2,1-2H3,(H,30,34). The quantitative estimate of drug-likeness (QED) is 0.347. The zero-order chi connectivity index (χ0) is 27.2. The van der Waals surface area contributed by atoms with Crippen LogP contribution in [0.5, 0.6) is 0 Å². The van der Waals surface area contributed by atoms with Crippen molar-refractivity contribution in [1.29, 1.82) is 0 Å². The lowest BCUT2D eigenvalue weighted by Crippen LogP contribution is -2.51. The Morgan fingerprint density at radius 1 is 0.892 bits per heavy atom. The third-order valence-corrected chi connectivity index (χ3v) is 8.12. The summed E-state index contributed by atoms with van der Waals surface area (Å²) in [5.41, 5.74) is 0.845. The Bertz CT molecular complexity index is 1330. The van der Waals surface area contributed by atoms with Gasteiger partial charge in [-0.15, -0.1) is 0 Å². The van der Waals surface area contributed by atoms with Crippen molar-refractivity contribution in [2.75, 3.05) is 17.9 Å². The first kappa shape index (κ1) is 28.8. The van der Waals surface area contributed by atoms with Crippen LogP contribution in [-0.4, -0.2) is 44.8 Å². The van der Waals surface area contributed by atoms with Crippen LogP contribution in [0.15, 0.2) is 77.7 Å². The molecule has 7 nitrogen and oxygen atoms in total. The summed E-state index contributed by atoms with van der Waals surface area (Å²) in [4.78, 5) is 27.9. The first-order chi connectivity index (χ1) is 17.6. The number of carbonyl (C=O) groups is 2. The highest BCUT2D eigenvalue weighted by Crippen LogP contribution is 2.30. The summed E-state index contributed by atoms with van der Waals surface area (Å²) in [5.74, 6) is -0.950. The molecule has 0 bridgehead atoms. The molecule has 1 N–H and O–H groups in total. The second kappa shape index (κ2) is 12.6. The zero-order valence-corrected chi connectivity index (χ0v) is 23.3. The fourth-order valence-corrected chi connectivity index (χ4v) is 5.86. The lowest BCUT2D eigenvalue weighted by Gasteiger charge is -2.33. The van der Waals surface area contributed by atoms with Crippen molar-refractivity contribution >= 4 is 62.3 Å². The summed E-state index contributed by atoms with van der Waals surface area (Å²) in [6.07, 6.45) is 0.313. The van der Waals surface area contributed by atoms with E-state index in [4.69, 9.17) is 34.8 Å². The van der Waals surface area contributed by atoms with Crippen LogP contribution >= 0.6 is 34.8 Å². The van der Waals surface area contributed by atoms with Gasteiger partial charge in [-0.3, -0.25) is 13.9 Å². The van der Waals surface area contributed by atoms with Crippen LogP contribution in [0.2, 0.25) is 15.1 Å². The maximum absolute atomic E-state index is 13.8. The predicted molar refractivity (Wildman–Crippen MR) is 148 cm³/mol. The van der Waals surface area contributed by atoms with Crippen LogP contribution in [0.25, 0.3) is 0 Å². The molecular formula is C26H26Cl3N3O4S. The molecule has 0 aliphatic carbocycles. The summed E-state index contributed by atoms with van der Waals surface area (Å²) in [5, 5.41) is 3.52. The van der Waals surface area contributed by atoms with Gasteiger partial charge in [0.15, 0.2) is 0 Å². The second-order valence-corrected chi connectivity index (χ2v) is 11.3. The van der Waals surface area contributed by atoms with Crippen molar-refractivity contribution in [3.8, 4) is 0 Å². The van der Waals surface area contributed by atoms with Gasteiger partial charge in [0.1, 0.15) is 12.6 Å². The van der Waals surface area contributed by atoms with Crippen LogP contribution in [0.4, 0.5) is 5.69 Å². The van der Waals surface area contributed by atoms with Crippen LogP contribution in [0.3, 0.4) is 0 Å². The topological polar surface area (TPSA) is 86.8 Å². The molecule has 3 aromatic carbocycles. The molecule has 0 spiro atoms. The summed E-state index contributed by atoms with van der Waals surface area (Å²) < 4.78 is 28.4. The highest BCUT2D eigenvalue weighted by Gasteiger charge is 2.33. The molecule has 0 saturated carbocycles. The highest BCUT2D eigenvalue weighted by molar-refractivity contribution is 7.92. The van der Waals surface area contributed by atoms with E-state index in [1.165, 1.54) is 42.3 Å². The van der Waals surface area contributed by atoms with Crippen molar-refractivity contribution in [2.45, 2.75) is 30.8 Å². The number of hydrogen-bond donors (Lipinski definition) is 1. The molecule has 1 atom stereocenters. The average Bonchev–Trinajstić information content (AvgIpc) is 2.87. The van der Waals surface area contributed by atoms with Crippen molar-refractivity contribution < 1.29 is 18.0 Å². The van der Waals surface area contributed by atoms with Gasteiger partial charge in [-0.1, -0.05) is 72.1 Å². The van der Waals surface area contributed by atoms with Crippen LogP contribution < -0.4 is 9.62 Å². The molecule has 0 fully saturated rings. The molecule has 2 amide bonds. The number of sulfonamides is 1. The Morgan fingerprint density at radius 2 is 1.49 bits per heavy atom. The van der Waals surface area contributed by atoms with Crippen molar-refractivity contribution in [3.05, 3.63) is 93.4 Å². The number of nitrogens with zero attached hydrogens (tertiary/aromatic N) is 2. The molecule has 0 saturated heterocycles. The molecule has 3 rings (SSSR count). The highest BCUT2D eigenvalue weighted by atomic mass is 35.5. The van der Waals surface area contributed by atoms with Crippen LogP contribution in [0.1, 0.15) is 18.9 Å². The molecule has 196 valence electrons. The third kappa shape index (κ3) is 7.17. The number of benzene rings is 3. The summed E-state index contributed by atoms with van der Waals surface area (Å²) >= 11 is 18.4. The van der Waals surface area contributed by atoms with E-state index in [0.29, 0.717) is 11.4 Å². The Hall–Kier alpha value is -2.78. The molecular weight excluding hydrogens is 557 g/mol. The summed E-state index contributed by atoms with van der Waals surface area (Å²) in [6, 6.07) is 18.0. The normalized spacial score (nSPS) is 12.0. The van der Waals surface area contributed by atoms with E-state index in [1.807, 2.05) is 0 Å². The van der Waals surface area contributed by atoms with E-state index in [0.717, 1.165) is 9.87 Å². The minimum Gasteiger partial charge on any atom is -0.357 e. The SMILES string of the molecule is CCC(C(=O)NC)N(Cc1ccc(Cl)cc1)C(=O)CN(c1cc(Cl)cc(Cl)c1)S(=O)(=O)c1ccccc1. The lowest BCUT2D eigenvalue weighted by molar-refractivity contribution is -0.140. The fraction of sp³-hybridized carbons (Fsp3) is 0.231. The number of hydrogen-bond acceptors (Lipinski definition) is 4. The van der Waals surface area contributed by atoms with Gasteiger partial charge < -0.3 is 10.2 Å². The minimum absolute atomic E-state index is 0.0125. The predicted octanol–water partition coefficient (Wildman–Crippen LogP) is 5.40. The maximum Gasteiger partial charge on any atom is 0.264 e. The van der Waals surface area contributed by atoms with Gasteiger partial charge in [-0.25, -0.2) is 8.42 Å². The molecule has 3 aromatic rings. The molecule has 0 aromatic heterocycles. The van der Waals surface area contributed by atoms with E-state index in [-0.39, 0.29) is 33.1 Å². The molecule has 0 heterocycles. The van der Waals surface area contributed by atoms with Crippen molar-refractivity contribution in [3.63, 3.8) is 0 Å². The van der Waals surface area contributed by atoms with Crippen LogP contribution in [-0.2, 0) is 26.2 Å². The first-order valence-corrected chi connectivity index (χ1v) is 13.9. The molecule has 0 aliphatic heterocycles. The number of nitrogens with one attached hydrogen (secondary N) is 1. The number of likely N-dealkylation sites (N-methyl/N-ethyl adjacent to an activating group) is 1. The summed E-state index contributed by atoms with van der Waals surface area (Å²) in [7, 11) is -2.72. The monoisotopic (exact) mass is 581 g/mol. The van der Waals surface area contributed by atoms with Gasteiger partial charge >= 0.3 is 0 Å². The number of anilines is 1. The zero-order valence-electron chi connectivity index (χ0n) is 20.2. The van der Waals surface area contributed by atoms with Gasteiger partial charge in [-0.05, 0) is 54.4 Å². The molecule has 0 radical (unpaired) electrons. The van der Waals surface area contributed by atoms with E-state index in [2.05, 4.69) is 5.32 Å². The fourth-order valence-electron chi connectivity index (χ4n) is 3.80. The maximum atomic E-state index is 13.8. The molecule has 1 unspecified atom stereocenters. The van der Waals surface area contributed by atoms with E-state index in [1.54, 1.807) is 49.4 Å². The third-order valence-electron chi connectivity index (χ3n) is 5.64. The van der Waals surface area contributed by atoms with Gasteiger partial charge in [0.25, 0.3) is 10.0 Å². The van der Waals surface area contributed by atoms with Gasteiger partial charge in [0, 0.05) is 28.7 Å². The van der Waals surface area contributed by atoms with E-state index >= 15 is 0 Å². The molecule has 37 heavy (non-hydrogen) atoms. The number of halogens is 3. The Morgan fingerprint density at radius 3 is 2.03 bits per heavy atom. The van der Waals surface area contributed by atoms with Gasteiger partial charge in [0.2, 0.25) is 11.8 Å². The van der Waals surface area contributed by atoms with Gasteiger partial charge in [-0.2, -0.15) is 0 Å². The number of amides is 2. The Balaban J connectivity index is 2.07. The second-order valence-electron chi connectivity index (χ2n) is 8.14. The van der Waals surface area contributed by atoms with E-state index < -0.39 is 28.5 Å². The van der Waals surface area contributed by atoms with E-state index in [9.17, 15) is 18.0 Å². The van der Waals surface area contributed by atoms with Crippen LogP contribution in [0, 0.1) is 0 Å².